The molecule has 0 aliphatic heterocycles. The Morgan fingerprint density at radius 1 is 0.906 bits per heavy atom. The standard InChI is InChI=1S/C29H41NO2/c1-2-3-4-5-6-7-21-10-16-27-23(18-21)11-12-24-19-25(13-17-28(24)27)29(31)32-26-14-8-22(20-30)9-15-26/h8-9,14-15,21,23-25,27-28H,2-7,10-13,16-19H2,1H3. The third-order valence-corrected chi connectivity index (χ3v) is 8.90. The Kier molecular flexibility index (Phi) is 8.28. The second-order valence-corrected chi connectivity index (χ2v) is 10.9. The Morgan fingerprint density at radius 3 is 2.31 bits per heavy atom. The molecule has 32 heavy (non-hydrogen) atoms. The monoisotopic (exact) mass is 435 g/mol. The molecule has 0 bridgehead atoms. The number of rotatable bonds is 8. The molecule has 3 aliphatic rings. The van der Waals surface area contributed by atoms with Crippen molar-refractivity contribution < 1.29 is 9.53 Å². The molecule has 0 spiro atoms. The van der Waals surface area contributed by atoms with E-state index in [0.717, 1.165) is 36.5 Å². The third kappa shape index (κ3) is 5.75. The minimum absolute atomic E-state index is 0.0444. The molecule has 174 valence electrons. The summed E-state index contributed by atoms with van der Waals surface area (Å²) in [7, 11) is 0. The van der Waals surface area contributed by atoms with Crippen molar-refractivity contribution in [2.75, 3.05) is 0 Å². The van der Waals surface area contributed by atoms with Crippen LogP contribution in [0.1, 0.15) is 102 Å². The van der Waals surface area contributed by atoms with Crippen molar-refractivity contribution in [3.63, 3.8) is 0 Å². The third-order valence-electron chi connectivity index (χ3n) is 8.90. The molecule has 6 atom stereocenters. The van der Waals surface area contributed by atoms with Crippen molar-refractivity contribution in [1.29, 1.82) is 5.26 Å². The van der Waals surface area contributed by atoms with Gasteiger partial charge in [0.05, 0.1) is 17.6 Å². The number of fused-ring (bicyclic) bond motifs is 3. The Bertz CT molecular complexity index is 779. The molecule has 0 heterocycles. The summed E-state index contributed by atoms with van der Waals surface area (Å²) in [5.41, 5.74) is 0.591. The maximum Gasteiger partial charge on any atom is 0.314 e. The van der Waals surface area contributed by atoms with Gasteiger partial charge >= 0.3 is 5.97 Å². The molecule has 0 saturated heterocycles. The molecule has 4 rings (SSSR count). The first-order valence-electron chi connectivity index (χ1n) is 13.4. The lowest BCUT2D eigenvalue weighted by Gasteiger charge is -2.50. The SMILES string of the molecule is CCCCCCCC1CCC2C(CCC3CC(C(=O)Oc4ccc(C#N)cc4)CCC32)C1. The first-order chi connectivity index (χ1) is 15.7. The van der Waals surface area contributed by atoms with Crippen molar-refractivity contribution >= 4 is 5.97 Å². The van der Waals surface area contributed by atoms with Crippen molar-refractivity contribution in [2.45, 2.75) is 96.8 Å². The molecule has 3 fully saturated rings. The summed E-state index contributed by atoms with van der Waals surface area (Å²) < 4.78 is 5.67. The van der Waals surface area contributed by atoms with Gasteiger partial charge in [-0.3, -0.25) is 4.79 Å². The van der Waals surface area contributed by atoms with Gasteiger partial charge in [0.25, 0.3) is 0 Å². The Hall–Kier alpha value is -1.82. The summed E-state index contributed by atoms with van der Waals surface area (Å²) in [5.74, 6) is 4.95. The molecule has 3 aliphatic carbocycles. The average Bonchev–Trinajstić information content (AvgIpc) is 2.83. The zero-order valence-corrected chi connectivity index (χ0v) is 19.9. The number of nitriles is 1. The molecule has 0 N–H and O–H groups in total. The minimum atomic E-state index is -0.0675. The molecule has 0 radical (unpaired) electrons. The molecular formula is C29H41NO2. The molecule has 1 aromatic rings. The second-order valence-electron chi connectivity index (χ2n) is 10.9. The summed E-state index contributed by atoms with van der Waals surface area (Å²) in [6.45, 7) is 2.30. The Labute approximate surface area is 194 Å². The first kappa shape index (κ1) is 23.3. The summed E-state index contributed by atoms with van der Waals surface area (Å²) in [6.07, 6.45) is 18.8. The normalized spacial score (nSPS) is 31.8. The van der Waals surface area contributed by atoms with Crippen LogP contribution in [0.4, 0.5) is 0 Å². The predicted octanol–water partition coefficient (Wildman–Crippen LogP) is 7.68. The molecule has 0 amide bonds. The van der Waals surface area contributed by atoms with Crippen molar-refractivity contribution in [3.05, 3.63) is 29.8 Å². The van der Waals surface area contributed by atoms with Gasteiger partial charge in [0.1, 0.15) is 5.75 Å². The van der Waals surface area contributed by atoms with Crippen LogP contribution in [0.15, 0.2) is 24.3 Å². The molecule has 3 saturated carbocycles. The zero-order valence-electron chi connectivity index (χ0n) is 19.9. The first-order valence-corrected chi connectivity index (χ1v) is 13.4. The van der Waals surface area contributed by atoms with E-state index < -0.39 is 0 Å². The van der Waals surface area contributed by atoms with Crippen molar-refractivity contribution in [2.24, 2.45) is 35.5 Å². The number of esters is 1. The van der Waals surface area contributed by atoms with Gasteiger partial charge in [0.2, 0.25) is 0 Å². The molecule has 3 heteroatoms. The molecule has 1 aromatic carbocycles. The van der Waals surface area contributed by atoms with Crippen LogP contribution in [0.2, 0.25) is 0 Å². The number of benzene rings is 1. The van der Waals surface area contributed by atoms with Crippen LogP contribution >= 0.6 is 0 Å². The Balaban J connectivity index is 1.24. The van der Waals surface area contributed by atoms with Crippen molar-refractivity contribution in [3.8, 4) is 11.8 Å². The van der Waals surface area contributed by atoms with Crippen LogP contribution < -0.4 is 4.74 Å². The highest BCUT2D eigenvalue weighted by atomic mass is 16.5. The van der Waals surface area contributed by atoms with Crippen LogP contribution in [0.5, 0.6) is 5.75 Å². The second kappa shape index (κ2) is 11.4. The quantitative estimate of drug-likeness (QED) is 0.239. The number of carbonyl (C=O) groups excluding carboxylic acids is 1. The van der Waals surface area contributed by atoms with E-state index in [4.69, 9.17) is 10.00 Å². The maximum atomic E-state index is 12.8. The van der Waals surface area contributed by atoms with Crippen molar-refractivity contribution in [1.82, 2.24) is 0 Å². The predicted molar refractivity (Wildman–Crippen MR) is 128 cm³/mol. The van der Waals surface area contributed by atoms with Crippen LogP contribution in [-0.2, 0) is 4.79 Å². The van der Waals surface area contributed by atoms with Gasteiger partial charge < -0.3 is 4.74 Å². The number of carbonyl (C=O) groups is 1. The van der Waals surface area contributed by atoms with Gasteiger partial charge in [-0.2, -0.15) is 5.26 Å². The average molecular weight is 436 g/mol. The summed E-state index contributed by atoms with van der Waals surface area (Å²) >= 11 is 0. The largest absolute Gasteiger partial charge is 0.426 e. The molecule has 0 aromatic heterocycles. The number of ether oxygens (including phenoxy) is 1. The van der Waals surface area contributed by atoms with Gasteiger partial charge in [-0.05, 0) is 98.8 Å². The maximum absolute atomic E-state index is 12.8. The lowest BCUT2D eigenvalue weighted by molar-refractivity contribution is -0.142. The van der Waals surface area contributed by atoms with E-state index in [9.17, 15) is 4.79 Å². The van der Waals surface area contributed by atoms with E-state index in [1.54, 1.807) is 24.3 Å². The van der Waals surface area contributed by atoms with Gasteiger partial charge in [0.15, 0.2) is 0 Å². The molecule has 6 unspecified atom stereocenters. The fourth-order valence-corrected chi connectivity index (χ4v) is 7.20. The molecule has 3 nitrogen and oxygen atoms in total. The van der Waals surface area contributed by atoms with Crippen LogP contribution in [-0.4, -0.2) is 5.97 Å². The number of nitrogens with zero attached hydrogens (tertiary/aromatic N) is 1. The number of hydrogen-bond acceptors (Lipinski definition) is 3. The van der Waals surface area contributed by atoms with E-state index >= 15 is 0 Å². The Morgan fingerprint density at radius 2 is 1.59 bits per heavy atom. The van der Waals surface area contributed by atoms with Crippen LogP contribution in [0.3, 0.4) is 0 Å². The fourth-order valence-electron chi connectivity index (χ4n) is 7.20. The van der Waals surface area contributed by atoms with Gasteiger partial charge in [-0.1, -0.05) is 51.9 Å². The highest BCUT2D eigenvalue weighted by Crippen LogP contribution is 2.54. The lowest BCUT2D eigenvalue weighted by atomic mass is 9.55. The smallest absolute Gasteiger partial charge is 0.314 e. The molecular weight excluding hydrogens is 394 g/mol. The number of unbranched alkanes of at least 4 members (excludes halogenated alkanes) is 4. The van der Waals surface area contributed by atoms with E-state index in [-0.39, 0.29) is 11.9 Å². The van der Waals surface area contributed by atoms with Gasteiger partial charge in [0, 0.05) is 0 Å². The zero-order chi connectivity index (χ0) is 22.3. The van der Waals surface area contributed by atoms with Gasteiger partial charge in [-0.25, -0.2) is 0 Å². The minimum Gasteiger partial charge on any atom is -0.426 e. The summed E-state index contributed by atoms with van der Waals surface area (Å²) in [5, 5.41) is 8.93. The summed E-state index contributed by atoms with van der Waals surface area (Å²) in [4.78, 5) is 12.8. The van der Waals surface area contributed by atoms with E-state index in [1.807, 2.05) is 0 Å². The van der Waals surface area contributed by atoms with E-state index in [1.165, 1.54) is 77.0 Å². The number of hydrogen-bond donors (Lipinski definition) is 0. The van der Waals surface area contributed by atoms with Crippen LogP contribution in [0, 0.1) is 46.8 Å². The highest BCUT2D eigenvalue weighted by molar-refractivity contribution is 5.75. The van der Waals surface area contributed by atoms with Gasteiger partial charge in [-0.15, -0.1) is 0 Å². The topological polar surface area (TPSA) is 50.1 Å². The van der Waals surface area contributed by atoms with E-state index in [0.29, 0.717) is 17.2 Å². The lowest BCUT2D eigenvalue weighted by Crippen LogP contribution is -2.42. The van der Waals surface area contributed by atoms with E-state index in [2.05, 4.69) is 13.0 Å². The summed E-state index contributed by atoms with van der Waals surface area (Å²) in [6, 6.07) is 8.99. The fraction of sp³-hybridized carbons (Fsp3) is 0.724. The van der Waals surface area contributed by atoms with Crippen LogP contribution in [0.25, 0.3) is 0 Å². The highest BCUT2D eigenvalue weighted by Gasteiger charge is 2.45.